The van der Waals surface area contributed by atoms with E-state index in [1.54, 1.807) is 6.20 Å². The first-order chi connectivity index (χ1) is 6.74. The van der Waals surface area contributed by atoms with E-state index in [-0.39, 0.29) is 11.6 Å². The second-order valence-corrected chi connectivity index (χ2v) is 3.24. The van der Waals surface area contributed by atoms with Crippen LogP contribution in [0.1, 0.15) is 19.8 Å². The zero-order valence-electron chi connectivity index (χ0n) is 8.29. The van der Waals surface area contributed by atoms with Gasteiger partial charge in [0.1, 0.15) is 0 Å². The highest BCUT2D eigenvalue weighted by molar-refractivity contribution is 5.31. The molecule has 0 aliphatic carbocycles. The molecule has 1 aromatic rings. The molecule has 0 aromatic carbocycles. The van der Waals surface area contributed by atoms with Crippen molar-refractivity contribution in [3.63, 3.8) is 0 Å². The van der Waals surface area contributed by atoms with Crippen molar-refractivity contribution < 1.29 is 0 Å². The smallest absolute Gasteiger partial charge is 0.290 e. The second kappa shape index (κ2) is 5.39. The molecule has 1 unspecified atom stereocenters. The summed E-state index contributed by atoms with van der Waals surface area (Å²) in [6.07, 6.45) is 4.95. The monoisotopic (exact) mass is 196 g/mol. The van der Waals surface area contributed by atoms with Crippen LogP contribution in [0.2, 0.25) is 0 Å². The molecule has 0 spiro atoms. The fourth-order valence-corrected chi connectivity index (χ4v) is 1.18. The van der Waals surface area contributed by atoms with Crippen LogP contribution < -0.4 is 16.6 Å². The maximum Gasteiger partial charge on any atom is 0.290 e. The topological polar surface area (TPSA) is 83.8 Å². The summed E-state index contributed by atoms with van der Waals surface area (Å²) in [7, 11) is 0. The van der Waals surface area contributed by atoms with Crippen LogP contribution in [0.25, 0.3) is 0 Å². The van der Waals surface area contributed by atoms with Crippen molar-refractivity contribution in [1.29, 1.82) is 0 Å². The van der Waals surface area contributed by atoms with Crippen molar-refractivity contribution in [1.82, 2.24) is 9.97 Å². The van der Waals surface area contributed by atoms with Gasteiger partial charge in [0.2, 0.25) is 0 Å². The molecule has 1 atom stereocenters. The highest BCUT2D eigenvalue weighted by Gasteiger charge is 2.04. The Morgan fingerprint density at radius 3 is 3.14 bits per heavy atom. The van der Waals surface area contributed by atoms with Crippen LogP contribution in [0, 0.1) is 0 Å². The molecular formula is C9H16N4O. The SMILES string of the molecule is CC(CCCN)Nc1ncc[nH]c1=O. The first-order valence-corrected chi connectivity index (χ1v) is 4.74. The van der Waals surface area contributed by atoms with Gasteiger partial charge in [-0.15, -0.1) is 0 Å². The van der Waals surface area contributed by atoms with Crippen LogP contribution >= 0.6 is 0 Å². The number of aromatic nitrogens is 2. The maximum absolute atomic E-state index is 11.2. The Kier molecular flexibility index (Phi) is 4.12. The molecule has 5 nitrogen and oxygen atoms in total. The van der Waals surface area contributed by atoms with E-state index in [2.05, 4.69) is 15.3 Å². The molecule has 0 aliphatic rings. The quantitative estimate of drug-likeness (QED) is 0.632. The van der Waals surface area contributed by atoms with Gasteiger partial charge in [0, 0.05) is 18.4 Å². The van der Waals surface area contributed by atoms with Gasteiger partial charge in [-0.2, -0.15) is 0 Å². The highest BCUT2D eigenvalue weighted by atomic mass is 16.1. The van der Waals surface area contributed by atoms with Gasteiger partial charge in [0.15, 0.2) is 5.82 Å². The minimum Gasteiger partial charge on any atom is -0.363 e. The molecule has 5 heteroatoms. The van der Waals surface area contributed by atoms with E-state index in [4.69, 9.17) is 5.73 Å². The van der Waals surface area contributed by atoms with Gasteiger partial charge in [0.25, 0.3) is 5.56 Å². The van der Waals surface area contributed by atoms with Crippen molar-refractivity contribution in [3.8, 4) is 0 Å². The normalized spacial score (nSPS) is 12.4. The third kappa shape index (κ3) is 3.18. The average Bonchev–Trinajstić information content (AvgIpc) is 2.18. The van der Waals surface area contributed by atoms with Crippen molar-refractivity contribution in [2.45, 2.75) is 25.8 Å². The maximum atomic E-state index is 11.2. The van der Waals surface area contributed by atoms with E-state index in [0.29, 0.717) is 12.4 Å². The predicted octanol–water partition coefficient (Wildman–Crippen LogP) is 0.309. The largest absolute Gasteiger partial charge is 0.363 e. The fourth-order valence-electron chi connectivity index (χ4n) is 1.18. The van der Waals surface area contributed by atoms with Gasteiger partial charge in [-0.25, -0.2) is 4.98 Å². The van der Waals surface area contributed by atoms with Gasteiger partial charge in [-0.3, -0.25) is 4.79 Å². The van der Waals surface area contributed by atoms with Crippen molar-refractivity contribution >= 4 is 5.82 Å². The Hall–Kier alpha value is -1.36. The van der Waals surface area contributed by atoms with Crippen LogP contribution in [-0.4, -0.2) is 22.6 Å². The zero-order valence-corrected chi connectivity index (χ0v) is 8.29. The van der Waals surface area contributed by atoms with Gasteiger partial charge in [0.05, 0.1) is 0 Å². The summed E-state index contributed by atoms with van der Waals surface area (Å²) in [4.78, 5) is 17.7. The predicted molar refractivity (Wildman–Crippen MR) is 56.2 cm³/mol. The Morgan fingerprint density at radius 1 is 1.71 bits per heavy atom. The van der Waals surface area contributed by atoms with E-state index in [0.717, 1.165) is 12.8 Å². The number of nitrogens with two attached hydrogens (primary N) is 1. The molecule has 0 saturated heterocycles. The first-order valence-electron chi connectivity index (χ1n) is 4.74. The Morgan fingerprint density at radius 2 is 2.50 bits per heavy atom. The van der Waals surface area contributed by atoms with Crippen molar-refractivity contribution in [2.24, 2.45) is 5.73 Å². The molecule has 1 aromatic heterocycles. The summed E-state index contributed by atoms with van der Waals surface area (Å²) >= 11 is 0. The number of hydrogen-bond acceptors (Lipinski definition) is 4. The summed E-state index contributed by atoms with van der Waals surface area (Å²) in [5, 5.41) is 3.03. The Balaban J connectivity index is 2.52. The lowest BCUT2D eigenvalue weighted by molar-refractivity contribution is 0.659. The number of aromatic amines is 1. The van der Waals surface area contributed by atoms with Gasteiger partial charge in [-0.1, -0.05) is 0 Å². The van der Waals surface area contributed by atoms with Crippen LogP contribution in [0.15, 0.2) is 17.2 Å². The summed E-state index contributed by atoms with van der Waals surface area (Å²) in [5.41, 5.74) is 5.20. The van der Waals surface area contributed by atoms with E-state index in [1.165, 1.54) is 6.20 Å². The number of hydrogen-bond donors (Lipinski definition) is 3. The average molecular weight is 196 g/mol. The number of rotatable bonds is 5. The number of nitrogens with zero attached hydrogens (tertiary/aromatic N) is 1. The minimum atomic E-state index is -0.188. The molecular weight excluding hydrogens is 180 g/mol. The van der Waals surface area contributed by atoms with Crippen LogP contribution in [0.4, 0.5) is 5.82 Å². The molecule has 1 rings (SSSR count). The second-order valence-electron chi connectivity index (χ2n) is 3.24. The molecule has 0 fully saturated rings. The van der Waals surface area contributed by atoms with E-state index in [9.17, 15) is 4.79 Å². The molecule has 0 aliphatic heterocycles. The molecule has 0 bridgehead atoms. The standard InChI is InChI=1S/C9H16N4O/c1-7(3-2-4-10)13-8-9(14)12-6-5-11-8/h5-7H,2-4,10H2,1H3,(H,11,13)(H,12,14). The lowest BCUT2D eigenvalue weighted by Crippen LogP contribution is -2.23. The Bertz CT molecular complexity index is 323. The molecule has 0 amide bonds. The molecule has 4 N–H and O–H groups in total. The molecule has 1 heterocycles. The van der Waals surface area contributed by atoms with Crippen LogP contribution in [0.5, 0.6) is 0 Å². The van der Waals surface area contributed by atoms with Crippen LogP contribution in [0.3, 0.4) is 0 Å². The van der Waals surface area contributed by atoms with Gasteiger partial charge in [-0.05, 0) is 26.3 Å². The number of anilines is 1. The molecule has 0 radical (unpaired) electrons. The highest BCUT2D eigenvalue weighted by Crippen LogP contribution is 2.01. The van der Waals surface area contributed by atoms with Gasteiger partial charge >= 0.3 is 0 Å². The van der Waals surface area contributed by atoms with E-state index < -0.39 is 0 Å². The number of H-pyrrole nitrogens is 1. The lowest BCUT2D eigenvalue weighted by Gasteiger charge is -2.12. The third-order valence-electron chi connectivity index (χ3n) is 1.93. The summed E-state index contributed by atoms with van der Waals surface area (Å²) < 4.78 is 0. The lowest BCUT2D eigenvalue weighted by atomic mass is 10.2. The molecule has 0 saturated carbocycles. The van der Waals surface area contributed by atoms with Crippen LogP contribution in [-0.2, 0) is 0 Å². The minimum absolute atomic E-state index is 0.188. The Labute approximate surface area is 82.7 Å². The summed E-state index contributed by atoms with van der Waals surface area (Å²) in [6.45, 7) is 2.67. The summed E-state index contributed by atoms with van der Waals surface area (Å²) in [5.74, 6) is 0.372. The number of nitrogens with one attached hydrogen (secondary N) is 2. The van der Waals surface area contributed by atoms with Crippen molar-refractivity contribution in [2.75, 3.05) is 11.9 Å². The fraction of sp³-hybridized carbons (Fsp3) is 0.556. The first kappa shape index (κ1) is 10.7. The van der Waals surface area contributed by atoms with Crippen molar-refractivity contribution in [3.05, 3.63) is 22.7 Å². The van der Waals surface area contributed by atoms with Gasteiger partial charge < -0.3 is 16.0 Å². The van der Waals surface area contributed by atoms with E-state index in [1.807, 2.05) is 6.92 Å². The van der Waals surface area contributed by atoms with E-state index >= 15 is 0 Å². The molecule has 78 valence electrons. The summed E-state index contributed by atoms with van der Waals surface area (Å²) in [6, 6.07) is 0.217. The third-order valence-corrected chi connectivity index (χ3v) is 1.93. The molecule has 14 heavy (non-hydrogen) atoms. The zero-order chi connectivity index (χ0) is 10.4.